The highest BCUT2D eigenvalue weighted by Gasteiger charge is 2.34. The topological polar surface area (TPSA) is 79.4 Å². The maximum absolute atomic E-state index is 12.3. The summed E-state index contributed by atoms with van der Waals surface area (Å²) < 4.78 is 51.4. The van der Waals surface area contributed by atoms with Crippen molar-refractivity contribution in [2.75, 3.05) is 0 Å². The van der Waals surface area contributed by atoms with Crippen molar-refractivity contribution in [1.82, 2.24) is 4.98 Å². The Morgan fingerprint density at radius 3 is 2.47 bits per heavy atom. The zero-order chi connectivity index (χ0) is 13.2. The van der Waals surface area contributed by atoms with Gasteiger partial charge >= 0.3 is 12.3 Å². The largest absolute Gasteiger partial charge is 0.573 e. The van der Waals surface area contributed by atoms with Gasteiger partial charge in [0.25, 0.3) is 0 Å². The number of rotatable bonds is 3. The third-order valence-corrected chi connectivity index (χ3v) is 1.70. The molecule has 0 saturated heterocycles. The van der Waals surface area contributed by atoms with E-state index in [0.717, 1.165) is 0 Å². The van der Waals surface area contributed by atoms with E-state index in [1.807, 2.05) is 4.98 Å². The molecule has 1 aromatic heterocycles. The molecule has 0 aliphatic carbocycles. The van der Waals surface area contributed by atoms with Crippen LogP contribution in [0.2, 0.25) is 0 Å². The van der Waals surface area contributed by atoms with Crippen LogP contribution < -0.4 is 10.2 Å². The molecule has 1 aromatic rings. The molecule has 1 heterocycles. The quantitative estimate of drug-likeness (QED) is 0.801. The Bertz CT molecular complexity index is 493. The summed E-state index contributed by atoms with van der Waals surface area (Å²) in [7, 11) is 0. The van der Waals surface area contributed by atoms with Gasteiger partial charge in [-0.1, -0.05) is 0 Å². The van der Waals surface area contributed by atoms with Crippen LogP contribution in [0.1, 0.15) is 16.1 Å². The lowest BCUT2D eigenvalue weighted by Crippen LogP contribution is -2.26. The van der Waals surface area contributed by atoms with Gasteiger partial charge in [-0.2, -0.15) is 0 Å². The van der Waals surface area contributed by atoms with Gasteiger partial charge in [0.15, 0.2) is 5.75 Å². The Balaban J connectivity index is 3.38. The first kappa shape index (κ1) is 13.0. The second-order valence-electron chi connectivity index (χ2n) is 2.83. The van der Waals surface area contributed by atoms with Crippen molar-refractivity contribution in [3.8, 4) is 5.75 Å². The number of hydrogen-bond donors (Lipinski definition) is 2. The molecule has 17 heavy (non-hydrogen) atoms. The number of aromatic amines is 1. The van der Waals surface area contributed by atoms with E-state index in [4.69, 9.17) is 5.11 Å². The highest BCUT2D eigenvalue weighted by atomic mass is 19.4. The van der Waals surface area contributed by atoms with Gasteiger partial charge in [0.05, 0.1) is 5.69 Å². The van der Waals surface area contributed by atoms with Gasteiger partial charge < -0.3 is 14.8 Å². The van der Waals surface area contributed by atoms with Crippen molar-refractivity contribution in [3.05, 3.63) is 27.7 Å². The van der Waals surface area contributed by atoms with E-state index in [1.165, 1.54) is 0 Å². The fourth-order valence-corrected chi connectivity index (χ4v) is 1.03. The molecular formula is C8H5F4NO4. The Labute approximate surface area is 90.6 Å². The molecule has 0 saturated carbocycles. The average molecular weight is 255 g/mol. The third kappa shape index (κ3) is 2.95. The van der Waals surface area contributed by atoms with Crippen molar-refractivity contribution in [2.24, 2.45) is 0 Å². The molecular weight excluding hydrogens is 250 g/mol. The Morgan fingerprint density at radius 1 is 1.47 bits per heavy atom. The van der Waals surface area contributed by atoms with Crippen LogP contribution in [0.15, 0.2) is 11.0 Å². The first-order valence-corrected chi connectivity index (χ1v) is 4.06. The molecule has 9 heteroatoms. The molecule has 0 aromatic carbocycles. The molecule has 0 unspecified atom stereocenters. The lowest BCUT2D eigenvalue weighted by molar-refractivity contribution is -0.275. The minimum atomic E-state index is -5.21. The number of carbonyl (C=O) groups is 1. The molecule has 0 spiro atoms. The predicted molar refractivity (Wildman–Crippen MR) is 45.5 cm³/mol. The molecule has 0 amide bonds. The van der Waals surface area contributed by atoms with Crippen LogP contribution in [0.5, 0.6) is 5.75 Å². The van der Waals surface area contributed by atoms with Gasteiger partial charge in [-0.15, -0.1) is 13.2 Å². The molecule has 0 aliphatic rings. The number of hydrogen-bond acceptors (Lipinski definition) is 3. The number of alkyl halides is 4. The maximum atomic E-state index is 12.3. The van der Waals surface area contributed by atoms with E-state index < -0.39 is 41.4 Å². The molecule has 5 nitrogen and oxygen atoms in total. The molecule has 0 bridgehead atoms. The summed E-state index contributed by atoms with van der Waals surface area (Å²) in [6.07, 6.45) is -4.61. The summed E-state index contributed by atoms with van der Waals surface area (Å²) in [5.41, 5.74) is -3.29. The molecule has 1 rings (SSSR count). The highest BCUT2D eigenvalue weighted by molar-refractivity contribution is 5.87. The summed E-state index contributed by atoms with van der Waals surface area (Å²) >= 11 is 0. The van der Waals surface area contributed by atoms with Crippen molar-refractivity contribution >= 4 is 5.97 Å². The van der Waals surface area contributed by atoms with E-state index in [0.29, 0.717) is 6.20 Å². The number of nitrogens with one attached hydrogen (secondary N) is 1. The predicted octanol–water partition coefficient (Wildman–Crippen LogP) is 1.44. The summed E-state index contributed by atoms with van der Waals surface area (Å²) in [5, 5.41) is 8.50. The number of carboxylic acids is 1. The number of pyridine rings is 1. The first-order chi connectivity index (χ1) is 7.76. The van der Waals surface area contributed by atoms with Gasteiger partial charge in [0, 0.05) is 6.20 Å². The summed E-state index contributed by atoms with van der Waals surface area (Å²) in [6.45, 7) is -1.43. The summed E-state index contributed by atoms with van der Waals surface area (Å²) in [4.78, 5) is 23.7. The van der Waals surface area contributed by atoms with Crippen molar-refractivity contribution in [1.29, 1.82) is 0 Å². The highest BCUT2D eigenvalue weighted by Crippen LogP contribution is 2.23. The van der Waals surface area contributed by atoms with Crippen LogP contribution in [-0.4, -0.2) is 22.4 Å². The van der Waals surface area contributed by atoms with Crippen LogP contribution in [-0.2, 0) is 6.67 Å². The summed E-state index contributed by atoms with van der Waals surface area (Å²) in [5.74, 6) is -3.15. The third-order valence-electron chi connectivity index (χ3n) is 1.70. The first-order valence-electron chi connectivity index (χ1n) is 4.06. The number of carboxylic acid groups (broad SMARTS) is 1. The zero-order valence-electron chi connectivity index (χ0n) is 7.97. The molecule has 2 N–H and O–H groups in total. The number of aromatic carboxylic acids is 1. The normalized spacial score (nSPS) is 11.3. The summed E-state index contributed by atoms with van der Waals surface area (Å²) in [6, 6.07) is 0. The lowest BCUT2D eigenvalue weighted by atomic mass is 10.2. The van der Waals surface area contributed by atoms with Crippen LogP contribution >= 0.6 is 0 Å². The molecule has 0 atom stereocenters. The van der Waals surface area contributed by atoms with E-state index in [9.17, 15) is 27.2 Å². The Hall–Kier alpha value is -2.06. The standard InChI is InChI=1S/C8H5F4NO4/c9-1-4-6(17-8(10,11)12)5(14)3(2-13-4)7(15)16/h2H,1H2,(H,13,14)(H,15,16). The number of ether oxygens (including phenoxy) is 1. The van der Waals surface area contributed by atoms with E-state index in [1.54, 1.807) is 0 Å². The minimum Gasteiger partial charge on any atom is -0.477 e. The van der Waals surface area contributed by atoms with Gasteiger partial charge in [-0.05, 0) is 0 Å². The zero-order valence-corrected chi connectivity index (χ0v) is 7.97. The monoisotopic (exact) mass is 255 g/mol. The molecule has 0 aliphatic heterocycles. The van der Waals surface area contributed by atoms with Crippen LogP contribution in [0.3, 0.4) is 0 Å². The Kier molecular flexibility index (Phi) is 3.39. The van der Waals surface area contributed by atoms with Gasteiger partial charge in [-0.3, -0.25) is 4.79 Å². The van der Waals surface area contributed by atoms with Crippen LogP contribution in [0.25, 0.3) is 0 Å². The van der Waals surface area contributed by atoms with E-state index in [2.05, 4.69) is 4.74 Å². The van der Waals surface area contributed by atoms with Gasteiger partial charge in [0.2, 0.25) is 5.43 Å². The molecule has 94 valence electrons. The van der Waals surface area contributed by atoms with Crippen molar-refractivity contribution < 1.29 is 32.2 Å². The van der Waals surface area contributed by atoms with E-state index in [-0.39, 0.29) is 0 Å². The van der Waals surface area contributed by atoms with Crippen LogP contribution in [0.4, 0.5) is 17.6 Å². The lowest BCUT2D eigenvalue weighted by Gasteiger charge is -2.11. The number of aromatic nitrogens is 1. The number of H-pyrrole nitrogens is 1. The fourth-order valence-electron chi connectivity index (χ4n) is 1.03. The second kappa shape index (κ2) is 4.44. The SMILES string of the molecule is O=C(O)c1c[nH]c(CF)c(OC(F)(F)F)c1=O. The van der Waals surface area contributed by atoms with Gasteiger partial charge in [0.1, 0.15) is 12.2 Å². The average Bonchev–Trinajstić information content (AvgIpc) is 2.18. The smallest absolute Gasteiger partial charge is 0.477 e. The molecule has 0 fully saturated rings. The fraction of sp³-hybridized carbons (Fsp3) is 0.250. The Morgan fingerprint density at radius 2 is 2.06 bits per heavy atom. The second-order valence-corrected chi connectivity index (χ2v) is 2.83. The maximum Gasteiger partial charge on any atom is 0.573 e. The van der Waals surface area contributed by atoms with Gasteiger partial charge in [-0.25, -0.2) is 9.18 Å². The van der Waals surface area contributed by atoms with Crippen molar-refractivity contribution in [3.63, 3.8) is 0 Å². The van der Waals surface area contributed by atoms with Crippen molar-refractivity contribution in [2.45, 2.75) is 13.0 Å². The van der Waals surface area contributed by atoms with E-state index >= 15 is 0 Å². The minimum absolute atomic E-state index is 0.600. The number of halogens is 4. The molecule has 0 radical (unpaired) electrons. The van der Waals surface area contributed by atoms with Crippen LogP contribution in [0, 0.1) is 0 Å².